The molecule has 8 aromatic carbocycles. The Morgan fingerprint density at radius 1 is 0.405 bits per heavy atom. The molecule has 8 nitrogen and oxygen atoms in total. The maximum atomic E-state index is 13.8. The molecule has 0 aliphatic heterocycles. The first-order valence-corrected chi connectivity index (χ1v) is 34.6. The predicted molar refractivity (Wildman–Crippen MR) is 330 cm³/mol. The van der Waals surface area contributed by atoms with Crippen LogP contribution in [0.4, 0.5) is 45.5 Å². The van der Waals surface area contributed by atoms with E-state index in [1.54, 1.807) is 14.2 Å². The van der Waals surface area contributed by atoms with Crippen molar-refractivity contribution < 1.29 is 42.6 Å². The molecule has 79 heavy (non-hydrogen) atoms. The molecule has 0 aliphatic carbocycles. The van der Waals surface area contributed by atoms with Crippen molar-refractivity contribution in [2.45, 2.75) is 103 Å². The molecule has 0 spiro atoms. The van der Waals surface area contributed by atoms with Crippen LogP contribution in [0.3, 0.4) is 0 Å². The van der Waals surface area contributed by atoms with Gasteiger partial charge in [-0.25, -0.2) is 0 Å². The summed E-state index contributed by atoms with van der Waals surface area (Å²) in [4.78, 5) is 4.53. The van der Waals surface area contributed by atoms with E-state index in [1.807, 2.05) is 48.5 Å². The number of anilines is 8. The van der Waals surface area contributed by atoms with E-state index in [2.05, 4.69) is 222 Å². The third-order valence-electron chi connectivity index (χ3n) is 13.6. The second kappa shape index (κ2) is 28.0. The molecule has 0 saturated heterocycles. The van der Waals surface area contributed by atoms with Crippen molar-refractivity contribution in [1.29, 1.82) is 0 Å². The number of benzene rings is 8. The van der Waals surface area contributed by atoms with Gasteiger partial charge in [-0.1, -0.05) is 172 Å². The molecule has 0 radical (unpaired) electrons. The number of aryl methyl sites for hydroxylation is 6. The van der Waals surface area contributed by atoms with Crippen LogP contribution < -0.4 is 30.6 Å². The van der Waals surface area contributed by atoms with E-state index in [0.717, 1.165) is 101 Å². The summed E-state index contributed by atoms with van der Waals surface area (Å²) in [7, 11) is 3.44. The molecule has 9 heteroatoms. The Morgan fingerprint density at radius 3 is 1.06 bits per heavy atom. The van der Waals surface area contributed by atoms with Gasteiger partial charge in [-0.15, -0.1) is 0 Å². The van der Waals surface area contributed by atoms with Crippen LogP contribution in [0.15, 0.2) is 158 Å². The van der Waals surface area contributed by atoms with E-state index >= 15 is 0 Å². The molecule has 8 rings (SSSR count). The van der Waals surface area contributed by atoms with Crippen LogP contribution in [0.5, 0.6) is 11.5 Å². The third kappa shape index (κ3) is 16.2. The number of para-hydroxylation sites is 2. The summed E-state index contributed by atoms with van der Waals surface area (Å²) in [6.45, 7) is 27.4. The van der Waals surface area contributed by atoms with Crippen LogP contribution in [0.25, 0.3) is 22.3 Å². The van der Waals surface area contributed by atoms with Crippen LogP contribution >= 0.6 is 0 Å². The molecule has 2 N–H and O–H groups in total. The number of nitrogens with one attached hydrogen (secondary N) is 2. The SMILES string of the molecule is COCCN(c1cc(C)ccc1Nc1ccc(C)cc1)c1ccccc1-c1cc(C)cc(C(C)(C)C)c1[O-].COCCN(c1cc(C)ccc1Nc1ccc(C)cc1)c1ccccc1-c1cc(C)cc(C(C)(C)C)c1[O-].[CH3][Hf+2][CH3]. The van der Waals surface area contributed by atoms with Gasteiger partial charge in [0.25, 0.3) is 0 Å². The summed E-state index contributed by atoms with van der Waals surface area (Å²) in [6, 6.07) is 54.2. The topological polar surface area (TPSA) is 95.1 Å². The Balaban J connectivity index is 0.000000243. The fraction of sp³-hybridized carbons (Fsp3) is 0.314. The van der Waals surface area contributed by atoms with Gasteiger partial charge in [0.15, 0.2) is 0 Å². The minimum atomic E-state index is -0.246. The molecular formula is C70H84HfN4O4. The monoisotopic (exact) mass is 1220 g/mol. The second-order valence-corrected chi connectivity index (χ2v) is 26.3. The number of nitrogens with zero attached hydrogens (tertiary/aromatic N) is 2. The molecule has 0 saturated carbocycles. The molecule has 0 fully saturated rings. The van der Waals surface area contributed by atoms with Gasteiger partial charge >= 0.3 is 32.3 Å². The van der Waals surface area contributed by atoms with Crippen molar-refractivity contribution >= 4 is 45.5 Å². The van der Waals surface area contributed by atoms with Crippen LogP contribution in [-0.2, 0) is 43.2 Å². The summed E-state index contributed by atoms with van der Waals surface area (Å²) in [5.74, 6) is 0.175. The molecule has 0 aliphatic rings. The molecule has 0 bridgehead atoms. The molecule has 0 amide bonds. The van der Waals surface area contributed by atoms with Crippen molar-refractivity contribution in [3.05, 3.63) is 202 Å². The zero-order valence-electron chi connectivity index (χ0n) is 49.9. The van der Waals surface area contributed by atoms with E-state index in [-0.39, 0.29) is 45.2 Å². The van der Waals surface area contributed by atoms with E-state index < -0.39 is 0 Å². The predicted octanol–water partition coefficient (Wildman–Crippen LogP) is 17.5. The van der Waals surface area contributed by atoms with Crippen molar-refractivity contribution in [2.75, 3.05) is 61.0 Å². The zero-order valence-corrected chi connectivity index (χ0v) is 53.5. The second-order valence-electron chi connectivity index (χ2n) is 22.7. The summed E-state index contributed by atoms with van der Waals surface area (Å²) >= 11 is 0.0833. The number of rotatable bonds is 16. The van der Waals surface area contributed by atoms with Crippen molar-refractivity contribution in [1.82, 2.24) is 0 Å². The van der Waals surface area contributed by atoms with Gasteiger partial charge in [0.2, 0.25) is 0 Å². The maximum absolute atomic E-state index is 13.8. The van der Waals surface area contributed by atoms with Crippen LogP contribution in [0, 0.1) is 41.5 Å². The molecular weight excluding hydrogens is 1140 g/mol. The molecule has 0 unspecified atom stereocenters. The summed E-state index contributed by atoms with van der Waals surface area (Å²) < 4.78 is 15.7. The Labute approximate surface area is 485 Å². The van der Waals surface area contributed by atoms with Crippen molar-refractivity contribution in [2.24, 2.45) is 0 Å². The summed E-state index contributed by atoms with van der Waals surface area (Å²) in [5.41, 5.74) is 19.5. The first kappa shape index (κ1) is 61.6. The Morgan fingerprint density at radius 2 is 0.734 bits per heavy atom. The van der Waals surface area contributed by atoms with Gasteiger partial charge in [0, 0.05) is 61.2 Å². The van der Waals surface area contributed by atoms with Gasteiger partial charge in [0.1, 0.15) is 0 Å². The fourth-order valence-corrected chi connectivity index (χ4v) is 9.57. The number of methoxy groups -OCH3 is 2. The number of hydrogen-bond acceptors (Lipinski definition) is 8. The summed E-state index contributed by atoms with van der Waals surface area (Å²) in [6.07, 6.45) is 0. The van der Waals surface area contributed by atoms with Gasteiger partial charge < -0.3 is 40.1 Å². The average molecular weight is 1220 g/mol. The molecule has 0 aromatic heterocycles. The molecule has 0 atom stereocenters. The van der Waals surface area contributed by atoms with E-state index in [9.17, 15) is 10.2 Å². The van der Waals surface area contributed by atoms with Crippen molar-refractivity contribution in [3.63, 3.8) is 0 Å². The third-order valence-corrected chi connectivity index (χ3v) is 13.6. The van der Waals surface area contributed by atoms with Gasteiger partial charge in [0.05, 0.1) is 36.0 Å². The van der Waals surface area contributed by atoms with Gasteiger partial charge in [-0.05, 0) is 146 Å². The molecule has 0 heterocycles. The van der Waals surface area contributed by atoms with E-state index in [4.69, 9.17) is 9.47 Å². The first-order valence-electron chi connectivity index (χ1n) is 27.4. The Bertz CT molecular complexity index is 3050. The molecule has 8 aromatic rings. The number of ether oxygens (including phenoxy) is 2. The van der Waals surface area contributed by atoms with Crippen molar-refractivity contribution in [3.8, 4) is 33.8 Å². The van der Waals surface area contributed by atoms with Crippen LogP contribution in [0.1, 0.15) is 86.1 Å². The van der Waals surface area contributed by atoms with Crippen LogP contribution in [0.2, 0.25) is 9.36 Å². The van der Waals surface area contributed by atoms with Gasteiger partial charge in [-0.2, -0.15) is 0 Å². The first-order chi connectivity index (χ1) is 37.6. The normalized spacial score (nSPS) is 11.1. The van der Waals surface area contributed by atoms with Crippen LogP contribution in [-0.4, -0.2) is 40.5 Å². The minimum absolute atomic E-state index is 0.0833. The standard InChI is InChI=1S/2C34H40N2O2.2CH3.Hf/c2*1-23-12-15-26(16-13-23)35-30-17-14-24(2)22-32(30)36(18-19-38-7)31-11-9-8-10-27(31)28-20-25(3)21-29(33(28)37)34(4,5)6;;;/h2*8-17,20-22,35,37H,18-19H2,1-7H3;2*1H3;/q;;;;+2/p-2. The zero-order chi connectivity index (χ0) is 57.6. The van der Waals surface area contributed by atoms with Gasteiger partial charge in [-0.3, -0.25) is 0 Å². The quantitative estimate of drug-likeness (QED) is 0.0924. The van der Waals surface area contributed by atoms with E-state index in [0.29, 0.717) is 26.3 Å². The fourth-order valence-electron chi connectivity index (χ4n) is 9.57. The van der Waals surface area contributed by atoms with E-state index in [1.165, 1.54) is 11.1 Å². The Hall–Kier alpha value is -6.65. The average Bonchev–Trinajstić information content (AvgIpc) is 3.47. The summed E-state index contributed by atoms with van der Waals surface area (Å²) in [5, 5.41) is 34.9. The number of hydrogen-bond donors (Lipinski definition) is 2. The molecule has 412 valence electrons. The Kier molecular flexibility index (Phi) is 21.8.